The highest BCUT2D eigenvalue weighted by molar-refractivity contribution is 7.89. The van der Waals surface area contributed by atoms with E-state index in [-0.39, 0.29) is 17.3 Å². The van der Waals surface area contributed by atoms with Crippen molar-refractivity contribution in [2.24, 2.45) is 0 Å². The van der Waals surface area contributed by atoms with Gasteiger partial charge in [0.25, 0.3) is 15.9 Å². The molecular weight excluding hydrogens is 440 g/mol. The number of carbonyl (C=O) groups is 2. The number of amides is 3. The summed E-state index contributed by atoms with van der Waals surface area (Å²) in [6.45, 7) is 0.465. The molecule has 9 heteroatoms. The molecule has 2 aliphatic heterocycles. The van der Waals surface area contributed by atoms with Crippen LogP contribution in [0.3, 0.4) is 0 Å². The van der Waals surface area contributed by atoms with E-state index in [1.54, 1.807) is 41.3 Å². The zero-order chi connectivity index (χ0) is 23.2. The number of rotatable bonds is 4. The van der Waals surface area contributed by atoms with E-state index < -0.39 is 22.1 Å². The lowest BCUT2D eigenvalue weighted by atomic mass is 10.1. The molecule has 33 heavy (non-hydrogen) atoms. The summed E-state index contributed by atoms with van der Waals surface area (Å²) in [5, 5.41) is 2.74. The Labute approximate surface area is 191 Å². The fourth-order valence-corrected chi connectivity index (χ4v) is 5.66. The second-order valence-corrected chi connectivity index (χ2v) is 9.93. The molecule has 8 nitrogen and oxygen atoms in total. The third kappa shape index (κ3) is 3.70. The van der Waals surface area contributed by atoms with Crippen LogP contribution in [0.5, 0.6) is 0 Å². The maximum atomic E-state index is 13.3. The van der Waals surface area contributed by atoms with Crippen LogP contribution in [0.15, 0.2) is 77.7 Å². The Morgan fingerprint density at radius 1 is 1.00 bits per heavy atom. The molecule has 2 heterocycles. The van der Waals surface area contributed by atoms with Crippen molar-refractivity contribution in [1.82, 2.24) is 9.62 Å². The summed E-state index contributed by atoms with van der Waals surface area (Å²) in [6, 6.07) is 19.5. The Hall–Kier alpha value is -3.85. The van der Waals surface area contributed by atoms with E-state index in [9.17, 15) is 18.0 Å². The molecule has 3 N–H and O–H groups in total. The molecule has 0 unspecified atom stereocenters. The van der Waals surface area contributed by atoms with Crippen molar-refractivity contribution in [2.75, 3.05) is 23.7 Å². The van der Waals surface area contributed by atoms with Crippen molar-refractivity contribution in [1.29, 1.82) is 0 Å². The Bertz CT molecular complexity index is 1340. The first-order chi connectivity index (χ1) is 15.8. The number of nitrogens with zero attached hydrogens (tertiary/aromatic N) is 2. The largest absolute Gasteiger partial charge is 0.399 e. The molecule has 2 aliphatic rings. The number of urea groups is 1. The Morgan fingerprint density at radius 3 is 2.45 bits per heavy atom. The maximum absolute atomic E-state index is 13.3. The van der Waals surface area contributed by atoms with Gasteiger partial charge in [0, 0.05) is 23.5 Å². The third-order valence-corrected chi connectivity index (χ3v) is 7.76. The number of anilines is 2. The number of nitrogens with one attached hydrogen (secondary N) is 1. The van der Waals surface area contributed by atoms with Crippen molar-refractivity contribution in [3.63, 3.8) is 0 Å². The van der Waals surface area contributed by atoms with Crippen molar-refractivity contribution in [2.45, 2.75) is 17.4 Å². The minimum Gasteiger partial charge on any atom is -0.399 e. The topological polar surface area (TPSA) is 113 Å². The van der Waals surface area contributed by atoms with Crippen LogP contribution in [0.2, 0.25) is 0 Å². The van der Waals surface area contributed by atoms with Crippen LogP contribution in [0.25, 0.3) is 0 Å². The molecule has 3 amide bonds. The molecule has 1 atom stereocenters. The van der Waals surface area contributed by atoms with Crippen LogP contribution >= 0.6 is 0 Å². The second-order valence-electron chi connectivity index (χ2n) is 8.07. The lowest BCUT2D eigenvalue weighted by Crippen LogP contribution is -2.34. The fraction of sp³-hybridized carbons (Fsp3) is 0.167. The monoisotopic (exact) mass is 462 g/mol. The van der Waals surface area contributed by atoms with E-state index in [2.05, 4.69) is 5.32 Å². The van der Waals surface area contributed by atoms with Gasteiger partial charge >= 0.3 is 6.03 Å². The summed E-state index contributed by atoms with van der Waals surface area (Å²) in [5.74, 6) is -0.172. The van der Waals surface area contributed by atoms with Gasteiger partial charge in [0.1, 0.15) is 0 Å². The molecule has 0 radical (unpaired) electrons. The predicted molar refractivity (Wildman–Crippen MR) is 124 cm³/mol. The minimum absolute atomic E-state index is 0.0179. The molecular formula is C24H22N4O4S. The van der Waals surface area contributed by atoms with Gasteiger partial charge in [-0.05, 0) is 60.0 Å². The summed E-state index contributed by atoms with van der Waals surface area (Å²) in [4.78, 5) is 27.1. The zero-order valence-corrected chi connectivity index (χ0v) is 18.5. The molecule has 3 aromatic carbocycles. The first kappa shape index (κ1) is 21.0. The fourth-order valence-electron chi connectivity index (χ4n) is 4.26. The van der Waals surface area contributed by atoms with Crippen LogP contribution in [-0.4, -0.2) is 37.8 Å². The van der Waals surface area contributed by atoms with Gasteiger partial charge in [-0.2, -0.15) is 0 Å². The second kappa shape index (κ2) is 7.93. The van der Waals surface area contributed by atoms with E-state index in [4.69, 9.17) is 5.73 Å². The van der Waals surface area contributed by atoms with Crippen LogP contribution in [-0.2, 0) is 16.4 Å². The summed E-state index contributed by atoms with van der Waals surface area (Å²) in [6.07, 6.45) is 0.526. The zero-order valence-electron chi connectivity index (χ0n) is 17.6. The smallest absolute Gasteiger partial charge is 0.331 e. The van der Waals surface area contributed by atoms with Gasteiger partial charge in [-0.1, -0.05) is 30.3 Å². The summed E-state index contributed by atoms with van der Waals surface area (Å²) in [5.41, 5.74) is 9.05. The average Bonchev–Trinajstić information content (AvgIpc) is 3.43. The molecule has 5 rings (SSSR count). The van der Waals surface area contributed by atoms with Gasteiger partial charge in [-0.3, -0.25) is 4.79 Å². The Balaban J connectivity index is 1.39. The van der Waals surface area contributed by atoms with Crippen LogP contribution in [0.4, 0.5) is 16.2 Å². The van der Waals surface area contributed by atoms with Gasteiger partial charge < -0.3 is 16.0 Å². The first-order valence-corrected chi connectivity index (χ1v) is 12.0. The minimum atomic E-state index is -4.04. The van der Waals surface area contributed by atoms with Gasteiger partial charge in [-0.25, -0.2) is 17.5 Å². The van der Waals surface area contributed by atoms with E-state index in [1.165, 1.54) is 6.07 Å². The molecule has 3 aromatic rings. The summed E-state index contributed by atoms with van der Waals surface area (Å²) >= 11 is 0. The number of sulfonamides is 1. The van der Waals surface area contributed by atoms with Gasteiger partial charge in [0.05, 0.1) is 17.5 Å². The van der Waals surface area contributed by atoms with Gasteiger partial charge in [0.15, 0.2) is 0 Å². The molecule has 1 saturated heterocycles. The standard InChI is InChI=1S/C24H22N4O4S/c25-19-8-6-17(7-9-19)23(29)27-13-12-18-14-20(10-11-22(18)27)33(31,32)28-15-21(26-24(28)30)16-4-2-1-3-5-16/h1-11,14,21H,12-13,15,25H2,(H,26,30)/t21-/m1/s1. The molecule has 0 aliphatic carbocycles. The van der Waals surface area contributed by atoms with Crippen molar-refractivity contribution < 1.29 is 18.0 Å². The number of nitrogen functional groups attached to an aromatic ring is 1. The molecule has 1 fully saturated rings. The Kier molecular flexibility index (Phi) is 5.05. The normalized spacial score (nSPS) is 17.7. The summed E-state index contributed by atoms with van der Waals surface area (Å²) in [7, 11) is -4.04. The van der Waals surface area contributed by atoms with E-state index in [1.807, 2.05) is 30.3 Å². The highest BCUT2D eigenvalue weighted by Gasteiger charge is 2.39. The number of nitrogens with two attached hydrogens (primary N) is 1. The number of fused-ring (bicyclic) bond motifs is 1. The molecule has 0 spiro atoms. The molecule has 168 valence electrons. The number of hydrogen-bond donors (Lipinski definition) is 2. The van der Waals surface area contributed by atoms with Gasteiger partial charge in [-0.15, -0.1) is 0 Å². The molecule has 0 saturated carbocycles. The van der Waals surface area contributed by atoms with Crippen molar-refractivity contribution >= 4 is 33.3 Å². The number of benzene rings is 3. The van der Waals surface area contributed by atoms with Crippen LogP contribution < -0.4 is 16.0 Å². The molecule has 0 aromatic heterocycles. The molecule has 0 bridgehead atoms. The van der Waals surface area contributed by atoms with E-state index in [0.717, 1.165) is 15.4 Å². The van der Waals surface area contributed by atoms with E-state index in [0.29, 0.717) is 29.9 Å². The SMILES string of the molecule is Nc1ccc(C(=O)N2CCc3cc(S(=O)(=O)N4C[C@H](c5ccccc5)NC4=O)ccc32)cc1. The number of carbonyl (C=O) groups excluding carboxylic acids is 2. The predicted octanol–water partition coefficient (Wildman–Crippen LogP) is 2.93. The van der Waals surface area contributed by atoms with Gasteiger partial charge in [0.2, 0.25) is 0 Å². The average molecular weight is 463 g/mol. The lowest BCUT2D eigenvalue weighted by Gasteiger charge is -2.19. The van der Waals surface area contributed by atoms with Crippen LogP contribution in [0, 0.1) is 0 Å². The van der Waals surface area contributed by atoms with Crippen molar-refractivity contribution in [3.05, 3.63) is 89.5 Å². The number of hydrogen-bond acceptors (Lipinski definition) is 5. The Morgan fingerprint density at radius 2 is 1.73 bits per heavy atom. The maximum Gasteiger partial charge on any atom is 0.331 e. The quantitative estimate of drug-likeness (QED) is 0.579. The highest BCUT2D eigenvalue weighted by atomic mass is 32.2. The highest BCUT2D eigenvalue weighted by Crippen LogP contribution is 2.33. The summed E-state index contributed by atoms with van der Waals surface area (Å²) < 4.78 is 27.4. The van der Waals surface area contributed by atoms with Crippen LogP contribution in [0.1, 0.15) is 27.5 Å². The van der Waals surface area contributed by atoms with Crippen molar-refractivity contribution in [3.8, 4) is 0 Å². The lowest BCUT2D eigenvalue weighted by molar-refractivity contribution is 0.0989. The third-order valence-electron chi connectivity index (χ3n) is 6.01. The van der Waals surface area contributed by atoms with E-state index >= 15 is 0 Å². The first-order valence-electron chi connectivity index (χ1n) is 10.5.